The number of aryl methyl sites for hydroxylation is 3. The molecule has 0 saturated carbocycles. The fourth-order valence-electron chi connectivity index (χ4n) is 2.41. The number of benzene rings is 1. The monoisotopic (exact) mass is 322 g/mol. The van der Waals surface area contributed by atoms with Crippen molar-refractivity contribution in [3.63, 3.8) is 0 Å². The summed E-state index contributed by atoms with van der Waals surface area (Å²) in [5.41, 5.74) is 4.32. The molecule has 23 heavy (non-hydrogen) atoms. The molecule has 3 nitrogen and oxygen atoms in total. The molecule has 0 fully saturated rings. The lowest BCUT2D eigenvalue weighted by molar-refractivity contribution is 0.102. The number of carbonyl (C=O) groups is 1. The van der Waals surface area contributed by atoms with Crippen LogP contribution in [0.1, 0.15) is 26.4 Å². The molecule has 1 amide bonds. The summed E-state index contributed by atoms with van der Waals surface area (Å²) in [4.78, 5) is 19.4. The second-order valence-corrected chi connectivity index (χ2v) is 6.87. The van der Waals surface area contributed by atoms with Crippen molar-refractivity contribution in [1.82, 2.24) is 4.98 Å². The van der Waals surface area contributed by atoms with Crippen molar-refractivity contribution in [2.75, 3.05) is 5.32 Å². The van der Waals surface area contributed by atoms with Gasteiger partial charge in [-0.25, -0.2) is 0 Å². The zero-order valence-corrected chi connectivity index (χ0v) is 14.2. The summed E-state index contributed by atoms with van der Waals surface area (Å²) in [7, 11) is 0. The number of hydrogen-bond acceptors (Lipinski definition) is 3. The predicted octanol–water partition coefficient (Wildman–Crippen LogP) is 4.99. The number of anilines is 1. The first-order valence-corrected chi connectivity index (χ1v) is 8.26. The van der Waals surface area contributed by atoms with Crippen LogP contribution < -0.4 is 5.32 Å². The Labute approximate surface area is 140 Å². The molecule has 116 valence electrons. The van der Waals surface area contributed by atoms with Gasteiger partial charge in [-0.1, -0.05) is 12.1 Å². The van der Waals surface area contributed by atoms with Gasteiger partial charge in [0.05, 0.1) is 16.1 Å². The molecule has 0 radical (unpaired) electrons. The first kappa shape index (κ1) is 15.4. The summed E-state index contributed by atoms with van der Waals surface area (Å²) in [5, 5.41) is 3.01. The van der Waals surface area contributed by atoms with Crippen LogP contribution >= 0.6 is 11.3 Å². The van der Waals surface area contributed by atoms with Crippen LogP contribution in [0.25, 0.3) is 10.6 Å². The average Bonchev–Trinajstić information content (AvgIpc) is 2.97. The van der Waals surface area contributed by atoms with Crippen molar-refractivity contribution in [3.05, 3.63) is 70.2 Å². The number of carbonyl (C=O) groups excluding carboxylic acids is 1. The zero-order chi connectivity index (χ0) is 16.4. The third-order valence-electron chi connectivity index (χ3n) is 3.67. The molecule has 0 atom stereocenters. The van der Waals surface area contributed by atoms with Gasteiger partial charge in [0.25, 0.3) is 5.91 Å². The predicted molar refractivity (Wildman–Crippen MR) is 96.2 cm³/mol. The first-order chi connectivity index (χ1) is 11.0. The van der Waals surface area contributed by atoms with Gasteiger partial charge in [0.15, 0.2) is 0 Å². The van der Waals surface area contributed by atoms with E-state index in [9.17, 15) is 4.79 Å². The van der Waals surface area contributed by atoms with Gasteiger partial charge in [-0.15, -0.1) is 11.3 Å². The number of hydrogen-bond donors (Lipinski definition) is 1. The van der Waals surface area contributed by atoms with Gasteiger partial charge >= 0.3 is 0 Å². The van der Waals surface area contributed by atoms with Crippen LogP contribution in [0, 0.1) is 20.8 Å². The number of rotatable bonds is 3. The van der Waals surface area contributed by atoms with Crippen LogP contribution in [0.5, 0.6) is 0 Å². The second kappa shape index (κ2) is 6.34. The van der Waals surface area contributed by atoms with Crippen molar-refractivity contribution in [2.24, 2.45) is 0 Å². The Bertz CT molecular complexity index is 867. The topological polar surface area (TPSA) is 42.0 Å². The van der Waals surface area contributed by atoms with Crippen molar-refractivity contribution in [3.8, 4) is 10.6 Å². The quantitative estimate of drug-likeness (QED) is 0.738. The fraction of sp³-hybridized carbons (Fsp3) is 0.158. The molecule has 1 N–H and O–H groups in total. The number of pyridine rings is 1. The largest absolute Gasteiger partial charge is 0.322 e. The van der Waals surface area contributed by atoms with Gasteiger partial charge in [-0.3, -0.25) is 9.78 Å². The normalized spacial score (nSPS) is 10.6. The highest BCUT2D eigenvalue weighted by Crippen LogP contribution is 2.29. The highest BCUT2D eigenvalue weighted by Gasteiger charge is 2.16. The SMILES string of the molecule is Cc1ccc(C)c(NC(=O)c2cccnc2-c2ccc(C)s2)c1. The van der Waals surface area contributed by atoms with Crippen molar-refractivity contribution in [2.45, 2.75) is 20.8 Å². The number of nitrogens with one attached hydrogen (secondary N) is 1. The summed E-state index contributed by atoms with van der Waals surface area (Å²) < 4.78 is 0. The lowest BCUT2D eigenvalue weighted by Gasteiger charge is -2.11. The van der Waals surface area contributed by atoms with Crippen LogP contribution in [0.2, 0.25) is 0 Å². The number of aromatic nitrogens is 1. The number of nitrogens with zero attached hydrogens (tertiary/aromatic N) is 1. The third kappa shape index (κ3) is 3.32. The van der Waals surface area contributed by atoms with Crippen LogP contribution in [-0.2, 0) is 0 Å². The Kier molecular flexibility index (Phi) is 4.26. The molecular weight excluding hydrogens is 304 g/mol. The van der Waals surface area contributed by atoms with Gasteiger partial charge < -0.3 is 5.32 Å². The molecular formula is C19H18N2OS. The molecule has 0 saturated heterocycles. The van der Waals surface area contributed by atoms with Gasteiger partial charge in [0.1, 0.15) is 0 Å². The van der Waals surface area contributed by atoms with Crippen LogP contribution in [0.3, 0.4) is 0 Å². The van der Waals surface area contributed by atoms with Crippen molar-refractivity contribution < 1.29 is 4.79 Å². The lowest BCUT2D eigenvalue weighted by atomic mass is 10.1. The lowest BCUT2D eigenvalue weighted by Crippen LogP contribution is -2.14. The highest BCUT2D eigenvalue weighted by molar-refractivity contribution is 7.15. The van der Waals surface area contributed by atoms with E-state index >= 15 is 0 Å². The summed E-state index contributed by atoms with van der Waals surface area (Å²) in [5.74, 6) is -0.132. The Hall–Kier alpha value is -2.46. The second-order valence-electron chi connectivity index (χ2n) is 5.58. The summed E-state index contributed by atoms with van der Waals surface area (Å²) in [6, 6.07) is 13.7. The van der Waals surface area contributed by atoms with Gasteiger partial charge in [-0.2, -0.15) is 0 Å². The Balaban J connectivity index is 1.96. The molecule has 4 heteroatoms. The fourth-order valence-corrected chi connectivity index (χ4v) is 3.29. The molecule has 2 aromatic heterocycles. The summed E-state index contributed by atoms with van der Waals surface area (Å²) in [6.07, 6.45) is 1.72. The highest BCUT2D eigenvalue weighted by atomic mass is 32.1. The smallest absolute Gasteiger partial charge is 0.257 e. The van der Waals surface area contributed by atoms with E-state index in [0.717, 1.165) is 27.4 Å². The summed E-state index contributed by atoms with van der Waals surface area (Å²) >= 11 is 1.64. The van der Waals surface area contributed by atoms with Crippen LogP contribution in [0.15, 0.2) is 48.7 Å². The Morgan fingerprint density at radius 3 is 2.65 bits per heavy atom. The number of amides is 1. The molecule has 1 aromatic carbocycles. The van der Waals surface area contributed by atoms with Crippen LogP contribution in [0.4, 0.5) is 5.69 Å². The first-order valence-electron chi connectivity index (χ1n) is 7.45. The van der Waals surface area contributed by atoms with E-state index in [-0.39, 0.29) is 5.91 Å². The third-order valence-corrected chi connectivity index (χ3v) is 4.67. The zero-order valence-electron chi connectivity index (χ0n) is 13.4. The maximum absolute atomic E-state index is 12.7. The molecule has 0 aliphatic rings. The number of thiophene rings is 1. The van der Waals surface area contributed by atoms with E-state index in [1.807, 2.05) is 57.2 Å². The maximum atomic E-state index is 12.7. The van der Waals surface area contributed by atoms with E-state index in [0.29, 0.717) is 5.56 Å². The Morgan fingerprint density at radius 2 is 1.91 bits per heavy atom. The van der Waals surface area contributed by atoms with E-state index in [4.69, 9.17) is 0 Å². The minimum absolute atomic E-state index is 0.132. The average molecular weight is 322 g/mol. The minimum atomic E-state index is -0.132. The van der Waals surface area contributed by atoms with Crippen molar-refractivity contribution in [1.29, 1.82) is 0 Å². The molecule has 0 spiro atoms. The molecule has 3 rings (SSSR count). The van der Waals surface area contributed by atoms with E-state index < -0.39 is 0 Å². The molecule has 0 aliphatic carbocycles. The molecule has 2 heterocycles. The van der Waals surface area contributed by atoms with Gasteiger partial charge in [0.2, 0.25) is 0 Å². The van der Waals surface area contributed by atoms with Crippen molar-refractivity contribution >= 4 is 22.9 Å². The minimum Gasteiger partial charge on any atom is -0.322 e. The summed E-state index contributed by atoms with van der Waals surface area (Å²) in [6.45, 7) is 6.05. The van der Waals surface area contributed by atoms with E-state index in [2.05, 4.69) is 10.3 Å². The molecule has 3 aromatic rings. The van der Waals surface area contributed by atoms with Gasteiger partial charge in [0, 0.05) is 16.8 Å². The van der Waals surface area contributed by atoms with E-state index in [1.165, 1.54) is 4.88 Å². The molecule has 0 bridgehead atoms. The van der Waals surface area contributed by atoms with E-state index in [1.54, 1.807) is 23.6 Å². The van der Waals surface area contributed by atoms with Crippen LogP contribution in [-0.4, -0.2) is 10.9 Å². The molecule has 0 unspecified atom stereocenters. The van der Waals surface area contributed by atoms with Gasteiger partial charge in [-0.05, 0) is 62.2 Å². The standard InChI is InChI=1S/C19H18N2OS/c1-12-6-7-13(2)16(11-12)21-19(22)15-5-4-10-20-18(15)17-9-8-14(3)23-17/h4-11H,1-3H3,(H,21,22). The molecule has 0 aliphatic heterocycles. The maximum Gasteiger partial charge on any atom is 0.257 e. The Morgan fingerprint density at radius 1 is 1.09 bits per heavy atom.